The second kappa shape index (κ2) is 35.3. The average molecular weight is 584 g/mol. The predicted molar refractivity (Wildman–Crippen MR) is 173 cm³/mol. The van der Waals surface area contributed by atoms with Crippen LogP contribution in [0.15, 0.2) is 0 Å². The summed E-state index contributed by atoms with van der Waals surface area (Å²) in [5, 5.41) is 3.40. The van der Waals surface area contributed by atoms with Crippen LogP contribution in [0.4, 0.5) is 0 Å². The van der Waals surface area contributed by atoms with Crippen molar-refractivity contribution < 1.29 is 19.1 Å². The third kappa shape index (κ3) is 35.2. The second-order valence-corrected chi connectivity index (χ2v) is 11.7. The number of Topliss-reactive ketones (excluding diaryl/α,β-unsaturated/α-hetero) is 2. The zero-order valence-electron chi connectivity index (χ0n) is 26.9. The maximum absolute atomic E-state index is 11.4. The SMILES string of the molecule is NCCC(=O)CCCCCCCCCCCCOCCNCCOCCCCCCCCCCCCC(=O)CCN. The molecule has 0 radical (unpaired) electrons. The second-order valence-electron chi connectivity index (χ2n) is 11.7. The van der Waals surface area contributed by atoms with Crippen LogP contribution < -0.4 is 16.8 Å². The molecule has 0 aromatic carbocycles. The van der Waals surface area contributed by atoms with Gasteiger partial charge in [0.15, 0.2) is 0 Å². The summed E-state index contributed by atoms with van der Waals surface area (Å²) >= 11 is 0. The first kappa shape index (κ1) is 40.1. The molecule has 0 unspecified atom stereocenters. The average Bonchev–Trinajstić information content (AvgIpc) is 2.96. The van der Waals surface area contributed by atoms with Gasteiger partial charge in [-0.15, -0.1) is 0 Å². The van der Waals surface area contributed by atoms with Crippen molar-refractivity contribution in [3.8, 4) is 0 Å². The molecule has 5 N–H and O–H groups in total. The Morgan fingerprint density at radius 1 is 0.390 bits per heavy atom. The molecular weight excluding hydrogens is 514 g/mol. The molecule has 0 rings (SSSR count). The molecule has 0 bridgehead atoms. The summed E-state index contributed by atoms with van der Waals surface area (Å²) in [6.07, 6.45) is 27.6. The Morgan fingerprint density at radius 2 is 0.683 bits per heavy atom. The van der Waals surface area contributed by atoms with Crippen LogP contribution in [0.1, 0.15) is 154 Å². The lowest BCUT2D eigenvalue weighted by Gasteiger charge is -2.07. The van der Waals surface area contributed by atoms with E-state index in [0.29, 0.717) is 37.5 Å². The fourth-order valence-corrected chi connectivity index (χ4v) is 5.07. The van der Waals surface area contributed by atoms with E-state index in [1.54, 1.807) is 0 Å². The Kier molecular flexibility index (Phi) is 34.6. The standard InChI is InChI=1S/C34H69N3O4/c35-25-23-33(38)21-17-13-9-5-1-3-7-11-15-19-29-40-31-27-37-28-32-41-30-20-16-12-8-4-2-6-10-14-18-22-34(39)24-26-36/h37H,1-32,35-36H2. The summed E-state index contributed by atoms with van der Waals surface area (Å²) < 4.78 is 11.5. The molecule has 0 aromatic heterocycles. The fraction of sp³-hybridized carbons (Fsp3) is 0.941. The normalized spacial score (nSPS) is 11.4. The number of unbranched alkanes of at least 4 members (excludes halogenated alkanes) is 18. The van der Waals surface area contributed by atoms with E-state index in [4.69, 9.17) is 20.9 Å². The van der Waals surface area contributed by atoms with Crippen LogP contribution >= 0.6 is 0 Å². The monoisotopic (exact) mass is 584 g/mol. The Balaban J connectivity index is 3.08. The summed E-state index contributed by atoms with van der Waals surface area (Å²) in [6, 6.07) is 0. The van der Waals surface area contributed by atoms with E-state index in [1.165, 1.54) is 116 Å². The fourth-order valence-electron chi connectivity index (χ4n) is 5.07. The van der Waals surface area contributed by atoms with Gasteiger partial charge < -0.3 is 26.3 Å². The molecule has 0 aliphatic carbocycles. The summed E-state index contributed by atoms with van der Waals surface area (Å²) in [6.45, 7) is 6.10. The number of hydrogen-bond donors (Lipinski definition) is 3. The summed E-state index contributed by atoms with van der Waals surface area (Å²) in [5.41, 5.74) is 10.8. The van der Waals surface area contributed by atoms with E-state index in [2.05, 4.69) is 5.32 Å². The first-order valence-corrected chi connectivity index (χ1v) is 17.5. The van der Waals surface area contributed by atoms with Crippen LogP contribution in [0, 0.1) is 0 Å². The van der Waals surface area contributed by atoms with Crippen molar-refractivity contribution in [2.45, 2.75) is 154 Å². The van der Waals surface area contributed by atoms with E-state index in [9.17, 15) is 9.59 Å². The summed E-state index contributed by atoms with van der Waals surface area (Å²) in [7, 11) is 0. The van der Waals surface area contributed by atoms with Crippen LogP contribution in [0.25, 0.3) is 0 Å². The van der Waals surface area contributed by atoms with Gasteiger partial charge in [0.2, 0.25) is 0 Å². The predicted octanol–water partition coefficient (Wildman–Crippen LogP) is 7.03. The minimum absolute atomic E-state index is 0.325. The Bertz CT molecular complexity index is 502. The Hall–Kier alpha value is -0.860. The lowest BCUT2D eigenvalue weighted by molar-refractivity contribution is -0.119. The molecule has 41 heavy (non-hydrogen) atoms. The number of carbonyl (C=O) groups excluding carboxylic acids is 2. The van der Waals surface area contributed by atoms with Gasteiger partial charge in [-0.25, -0.2) is 0 Å². The molecule has 0 atom stereocenters. The number of carbonyl (C=O) groups is 2. The zero-order valence-corrected chi connectivity index (χ0v) is 26.9. The smallest absolute Gasteiger partial charge is 0.134 e. The van der Waals surface area contributed by atoms with Crippen molar-refractivity contribution in [2.24, 2.45) is 11.5 Å². The van der Waals surface area contributed by atoms with Crippen molar-refractivity contribution in [3.63, 3.8) is 0 Å². The van der Waals surface area contributed by atoms with Crippen LogP contribution in [0.2, 0.25) is 0 Å². The van der Waals surface area contributed by atoms with Crippen molar-refractivity contribution in [1.29, 1.82) is 0 Å². The third-order valence-electron chi connectivity index (χ3n) is 7.68. The molecule has 0 aliphatic rings. The van der Waals surface area contributed by atoms with Gasteiger partial charge in [0.25, 0.3) is 0 Å². The quantitative estimate of drug-likeness (QED) is 0.0678. The lowest BCUT2D eigenvalue weighted by Crippen LogP contribution is -2.24. The van der Waals surface area contributed by atoms with Crippen molar-refractivity contribution in [2.75, 3.05) is 52.6 Å². The number of nitrogens with one attached hydrogen (secondary N) is 1. The van der Waals surface area contributed by atoms with Gasteiger partial charge in [-0.1, -0.05) is 103 Å². The van der Waals surface area contributed by atoms with Crippen molar-refractivity contribution >= 4 is 11.6 Å². The number of rotatable bonds is 36. The molecule has 7 nitrogen and oxygen atoms in total. The number of ketones is 2. The molecule has 0 saturated carbocycles. The molecule has 0 aromatic rings. The molecule has 244 valence electrons. The molecule has 7 heteroatoms. The van der Waals surface area contributed by atoms with Crippen molar-refractivity contribution in [1.82, 2.24) is 5.32 Å². The van der Waals surface area contributed by atoms with Gasteiger partial charge in [0, 0.05) is 52.0 Å². The molecular formula is C34H69N3O4. The maximum Gasteiger partial charge on any atom is 0.134 e. The largest absolute Gasteiger partial charge is 0.380 e. The first-order valence-electron chi connectivity index (χ1n) is 17.5. The Morgan fingerprint density at radius 3 is 1.00 bits per heavy atom. The van der Waals surface area contributed by atoms with Gasteiger partial charge in [0.1, 0.15) is 11.6 Å². The lowest BCUT2D eigenvalue weighted by atomic mass is 10.0. The molecule has 0 amide bonds. The van der Waals surface area contributed by atoms with Crippen LogP contribution in [-0.2, 0) is 19.1 Å². The summed E-state index contributed by atoms with van der Waals surface area (Å²) in [5.74, 6) is 0.650. The van der Waals surface area contributed by atoms with E-state index in [1.807, 2.05) is 0 Å². The van der Waals surface area contributed by atoms with E-state index in [-0.39, 0.29) is 0 Å². The molecule has 0 aliphatic heterocycles. The molecule has 0 fully saturated rings. The topological polar surface area (TPSA) is 117 Å². The van der Waals surface area contributed by atoms with Crippen LogP contribution in [-0.4, -0.2) is 64.2 Å². The van der Waals surface area contributed by atoms with E-state index in [0.717, 1.165) is 65.2 Å². The van der Waals surface area contributed by atoms with Gasteiger partial charge in [-0.3, -0.25) is 9.59 Å². The maximum atomic E-state index is 11.4. The number of nitrogens with two attached hydrogens (primary N) is 2. The highest BCUT2D eigenvalue weighted by atomic mass is 16.5. The van der Waals surface area contributed by atoms with E-state index < -0.39 is 0 Å². The highest BCUT2D eigenvalue weighted by molar-refractivity contribution is 5.78. The summed E-state index contributed by atoms with van der Waals surface area (Å²) in [4.78, 5) is 22.8. The first-order chi connectivity index (χ1) is 20.2. The number of ether oxygens (including phenoxy) is 2. The molecule has 0 spiro atoms. The number of hydrogen-bond acceptors (Lipinski definition) is 7. The van der Waals surface area contributed by atoms with E-state index >= 15 is 0 Å². The van der Waals surface area contributed by atoms with Gasteiger partial charge in [-0.05, 0) is 38.8 Å². The van der Waals surface area contributed by atoms with Gasteiger partial charge >= 0.3 is 0 Å². The molecule has 0 saturated heterocycles. The van der Waals surface area contributed by atoms with Crippen LogP contribution in [0.3, 0.4) is 0 Å². The third-order valence-corrected chi connectivity index (χ3v) is 7.68. The minimum Gasteiger partial charge on any atom is -0.380 e. The van der Waals surface area contributed by atoms with Gasteiger partial charge in [0.05, 0.1) is 13.2 Å². The Labute approximate surface area is 254 Å². The molecule has 0 heterocycles. The highest BCUT2D eigenvalue weighted by Gasteiger charge is 2.01. The minimum atomic E-state index is 0.325. The van der Waals surface area contributed by atoms with Crippen LogP contribution in [0.5, 0.6) is 0 Å². The highest BCUT2D eigenvalue weighted by Crippen LogP contribution is 2.13. The zero-order chi connectivity index (χ0) is 29.9. The van der Waals surface area contributed by atoms with Gasteiger partial charge in [-0.2, -0.15) is 0 Å². The van der Waals surface area contributed by atoms with Crippen molar-refractivity contribution in [3.05, 3.63) is 0 Å².